The molecule has 0 saturated carbocycles. The summed E-state index contributed by atoms with van der Waals surface area (Å²) in [5.74, 6) is -0.495. The first-order chi connectivity index (χ1) is 7.13. The van der Waals surface area contributed by atoms with Crippen molar-refractivity contribution in [1.29, 1.82) is 5.26 Å². The van der Waals surface area contributed by atoms with Crippen LogP contribution in [0.1, 0.15) is 18.9 Å². The molecule has 0 saturated heterocycles. The summed E-state index contributed by atoms with van der Waals surface area (Å²) >= 11 is 0. The molecular formula is C11H11NO3. The topological polar surface area (TPSA) is 70.3 Å². The standard InChI is InChI=1S/C11H11NO3/c1-8(6-11(13)14)15-10-5-3-2-4-9(10)7-12/h2-5,8H,6H2,1H3,(H,13,14)/t8-/m1/s1. The molecule has 0 spiro atoms. The van der Waals surface area contributed by atoms with Gasteiger partial charge in [0.2, 0.25) is 0 Å². The molecule has 0 aliphatic rings. The Morgan fingerprint density at radius 3 is 2.87 bits per heavy atom. The third kappa shape index (κ3) is 3.31. The minimum atomic E-state index is -0.920. The molecule has 0 aliphatic carbocycles. The second-order valence-corrected chi connectivity index (χ2v) is 3.13. The molecule has 1 atom stereocenters. The van der Waals surface area contributed by atoms with E-state index in [0.717, 1.165) is 0 Å². The van der Waals surface area contributed by atoms with E-state index in [-0.39, 0.29) is 6.42 Å². The van der Waals surface area contributed by atoms with Gasteiger partial charge in [0.05, 0.1) is 12.0 Å². The molecule has 0 fully saturated rings. The highest BCUT2D eigenvalue weighted by atomic mass is 16.5. The van der Waals surface area contributed by atoms with Gasteiger partial charge in [0.15, 0.2) is 0 Å². The third-order valence-corrected chi connectivity index (χ3v) is 1.80. The Bertz CT molecular complexity index is 395. The lowest BCUT2D eigenvalue weighted by Crippen LogP contribution is -2.17. The Labute approximate surface area is 87.7 Å². The smallest absolute Gasteiger partial charge is 0.307 e. The van der Waals surface area contributed by atoms with Crippen LogP contribution in [0.4, 0.5) is 0 Å². The number of rotatable bonds is 4. The van der Waals surface area contributed by atoms with Crippen LogP contribution in [0.2, 0.25) is 0 Å². The van der Waals surface area contributed by atoms with Gasteiger partial charge in [0, 0.05) is 0 Å². The van der Waals surface area contributed by atoms with Crippen LogP contribution in [0.15, 0.2) is 24.3 Å². The van der Waals surface area contributed by atoms with Crippen molar-refractivity contribution in [3.63, 3.8) is 0 Å². The molecule has 4 nitrogen and oxygen atoms in total. The van der Waals surface area contributed by atoms with Crippen molar-refractivity contribution in [2.24, 2.45) is 0 Å². The van der Waals surface area contributed by atoms with Crippen LogP contribution in [-0.4, -0.2) is 17.2 Å². The number of hydrogen-bond acceptors (Lipinski definition) is 3. The average Bonchev–Trinajstić information content (AvgIpc) is 2.17. The normalized spacial score (nSPS) is 11.5. The van der Waals surface area contributed by atoms with Gasteiger partial charge in [-0.25, -0.2) is 0 Å². The minimum Gasteiger partial charge on any atom is -0.489 e. The Hall–Kier alpha value is -2.02. The van der Waals surface area contributed by atoms with Crippen molar-refractivity contribution in [1.82, 2.24) is 0 Å². The van der Waals surface area contributed by atoms with Crippen LogP contribution in [0.3, 0.4) is 0 Å². The molecule has 4 heteroatoms. The highest BCUT2D eigenvalue weighted by Crippen LogP contribution is 2.18. The van der Waals surface area contributed by atoms with Crippen LogP contribution in [0.25, 0.3) is 0 Å². The third-order valence-electron chi connectivity index (χ3n) is 1.80. The molecule has 1 aromatic rings. The number of ether oxygens (including phenoxy) is 1. The van der Waals surface area contributed by atoms with Crippen molar-refractivity contribution >= 4 is 5.97 Å². The molecule has 1 aromatic carbocycles. The van der Waals surface area contributed by atoms with E-state index >= 15 is 0 Å². The molecule has 0 bridgehead atoms. The number of benzene rings is 1. The monoisotopic (exact) mass is 205 g/mol. The second kappa shape index (κ2) is 5.01. The Morgan fingerprint density at radius 1 is 1.60 bits per heavy atom. The first-order valence-electron chi connectivity index (χ1n) is 4.51. The van der Waals surface area contributed by atoms with E-state index in [9.17, 15) is 4.79 Å². The first kappa shape index (κ1) is 11.1. The number of aliphatic carboxylic acids is 1. The van der Waals surface area contributed by atoms with Crippen molar-refractivity contribution in [3.05, 3.63) is 29.8 Å². The van der Waals surface area contributed by atoms with E-state index in [0.29, 0.717) is 11.3 Å². The molecule has 1 rings (SSSR count). The van der Waals surface area contributed by atoms with Gasteiger partial charge >= 0.3 is 5.97 Å². The second-order valence-electron chi connectivity index (χ2n) is 3.13. The predicted octanol–water partition coefficient (Wildman–Crippen LogP) is 1.80. The van der Waals surface area contributed by atoms with Gasteiger partial charge in [-0.05, 0) is 19.1 Å². The lowest BCUT2D eigenvalue weighted by atomic mass is 10.2. The van der Waals surface area contributed by atoms with E-state index in [2.05, 4.69) is 0 Å². The quantitative estimate of drug-likeness (QED) is 0.813. The maximum atomic E-state index is 10.4. The van der Waals surface area contributed by atoms with Crippen LogP contribution >= 0.6 is 0 Å². The van der Waals surface area contributed by atoms with Crippen molar-refractivity contribution in [3.8, 4) is 11.8 Å². The van der Waals surface area contributed by atoms with Gasteiger partial charge in [0.1, 0.15) is 17.9 Å². The van der Waals surface area contributed by atoms with Crippen LogP contribution < -0.4 is 4.74 Å². The van der Waals surface area contributed by atoms with Crippen LogP contribution in [-0.2, 0) is 4.79 Å². The number of para-hydroxylation sites is 1. The summed E-state index contributed by atoms with van der Waals surface area (Å²) in [5, 5.41) is 17.3. The van der Waals surface area contributed by atoms with Gasteiger partial charge < -0.3 is 9.84 Å². The van der Waals surface area contributed by atoms with Crippen LogP contribution in [0.5, 0.6) is 5.75 Å². The van der Waals surface area contributed by atoms with Crippen molar-refractivity contribution < 1.29 is 14.6 Å². The zero-order valence-electron chi connectivity index (χ0n) is 8.30. The van der Waals surface area contributed by atoms with Crippen molar-refractivity contribution in [2.45, 2.75) is 19.4 Å². The summed E-state index contributed by atoms with van der Waals surface area (Å²) in [6.07, 6.45) is -0.531. The van der Waals surface area contributed by atoms with E-state index in [1.165, 1.54) is 0 Å². The molecule has 1 N–H and O–H groups in total. The van der Waals surface area contributed by atoms with Crippen molar-refractivity contribution in [2.75, 3.05) is 0 Å². The summed E-state index contributed by atoms with van der Waals surface area (Å²) in [6.45, 7) is 1.66. The van der Waals surface area contributed by atoms with Gasteiger partial charge in [-0.1, -0.05) is 12.1 Å². The summed E-state index contributed by atoms with van der Waals surface area (Å²) in [6, 6.07) is 8.73. The fourth-order valence-corrected chi connectivity index (χ4v) is 1.17. The first-order valence-corrected chi connectivity index (χ1v) is 4.51. The summed E-state index contributed by atoms with van der Waals surface area (Å²) < 4.78 is 5.34. The molecule has 78 valence electrons. The molecule has 0 radical (unpaired) electrons. The van der Waals surface area contributed by atoms with Gasteiger partial charge in [-0.3, -0.25) is 4.79 Å². The van der Waals surface area contributed by atoms with Crippen LogP contribution in [0, 0.1) is 11.3 Å². The molecule has 0 amide bonds. The number of nitriles is 1. The summed E-state index contributed by atoms with van der Waals surface area (Å²) in [7, 11) is 0. The number of nitrogens with zero attached hydrogens (tertiary/aromatic N) is 1. The number of carbonyl (C=O) groups is 1. The Balaban J connectivity index is 2.72. The highest BCUT2D eigenvalue weighted by Gasteiger charge is 2.11. The zero-order valence-corrected chi connectivity index (χ0v) is 8.30. The number of carboxylic acids is 1. The van der Waals surface area contributed by atoms with Gasteiger partial charge in [0.25, 0.3) is 0 Å². The van der Waals surface area contributed by atoms with Gasteiger partial charge in [-0.15, -0.1) is 0 Å². The molecule has 0 aliphatic heterocycles. The van der Waals surface area contributed by atoms with Gasteiger partial charge in [-0.2, -0.15) is 5.26 Å². The lowest BCUT2D eigenvalue weighted by Gasteiger charge is -2.13. The summed E-state index contributed by atoms with van der Waals surface area (Å²) in [4.78, 5) is 10.4. The molecular weight excluding hydrogens is 194 g/mol. The van der Waals surface area contributed by atoms with E-state index in [4.69, 9.17) is 15.1 Å². The largest absolute Gasteiger partial charge is 0.489 e. The fraction of sp³-hybridized carbons (Fsp3) is 0.273. The maximum Gasteiger partial charge on any atom is 0.307 e. The average molecular weight is 205 g/mol. The minimum absolute atomic E-state index is 0.0836. The SMILES string of the molecule is C[C@H](CC(=O)O)Oc1ccccc1C#N. The molecule has 0 heterocycles. The van der Waals surface area contributed by atoms with E-state index in [1.54, 1.807) is 31.2 Å². The zero-order chi connectivity index (χ0) is 11.3. The molecule has 0 unspecified atom stereocenters. The molecule has 15 heavy (non-hydrogen) atoms. The molecule has 0 aromatic heterocycles. The number of hydrogen-bond donors (Lipinski definition) is 1. The number of carboxylic acid groups (broad SMARTS) is 1. The Morgan fingerprint density at radius 2 is 2.27 bits per heavy atom. The van der Waals surface area contributed by atoms with E-state index in [1.807, 2.05) is 6.07 Å². The predicted molar refractivity (Wildman–Crippen MR) is 53.5 cm³/mol. The highest BCUT2D eigenvalue weighted by molar-refractivity contribution is 5.67. The fourth-order valence-electron chi connectivity index (χ4n) is 1.17. The summed E-state index contributed by atoms with van der Waals surface area (Å²) in [5.41, 5.74) is 0.412. The Kier molecular flexibility index (Phi) is 3.69. The maximum absolute atomic E-state index is 10.4. The van der Waals surface area contributed by atoms with E-state index < -0.39 is 12.1 Å². The lowest BCUT2D eigenvalue weighted by molar-refractivity contribution is -0.138.